The van der Waals surface area contributed by atoms with Gasteiger partial charge in [0, 0.05) is 5.02 Å². The van der Waals surface area contributed by atoms with Crippen LogP contribution in [0.5, 0.6) is 0 Å². The number of nitrogens with two attached hydrogens (primary N) is 1. The van der Waals surface area contributed by atoms with Gasteiger partial charge < -0.3 is 5.73 Å². The van der Waals surface area contributed by atoms with E-state index in [0.29, 0.717) is 0 Å². The summed E-state index contributed by atoms with van der Waals surface area (Å²) in [4.78, 5) is 0. The molecule has 1 aromatic heterocycles. The van der Waals surface area contributed by atoms with Crippen molar-refractivity contribution in [3.8, 4) is 0 Å². The Bertz CT molecular complexity index is 491. The van der Waals surface area contributed by atoms with E-state index < -0.39 is 0 Å². The molecule has 0 aliphatic carbocycles. The first-order valence-electron chi connectivity index (χ1n) is 5.14. The van der Waals surface area contributed by atoms with Gasteiger partial charge in [-0.3, -0.25) is 0 Å². The summed E-state index contributed by atoms with van der Waals surface area (Å²) in [5.74, 6) is 0. The van der Waals surface area contributed by atoms with Gasteiger partial charge in [-0.1, -0.05) is 17.7 Å². The molecule has 1 nitrogen and oxygen atoms in total. The van der Waals surface area contributed by atoms with E-state index >= 15 is 0 Å². The van der Waals surface area contributed by atoms with Crippen molar-refractivity contribution in [3.63, 3.8) is 0 Å². The van der Waals surface area contributed by atoms with Crippen molar-refractivity contribution in [1.82, 2.24) is 0 Å². The number of aryl methyl sites for hydroxylation is 2. The van der Waals surface area contributed by atoms with Crippen molar-refractivity contribution in [2.45, 2.75) is 19.9 Å². The van der Waals surface area contributed by atoms with Gasteiger partial charge in [0.1, 0.15) is 0 Å². The fourth-order valence-corrected chi connectivity index (χ4v) is 2.71. The molecule has 2 N–H and O–H groups in total. The first kappa shape index (κ1) is 11.6. The fourth-order valence-electron chi connectivity index (χ4n) is 1.67. The van der Waals surface area contributed by atoms with Gasteiger partial charge in [-0.2, -0.15) is 11.3 Å². The molecule has 0 fully saturated rings. The van der Waals surface area contributed by atoms with Crippen molar-refractivity contribution in [3.05, 3.63) is 56.2 Å². The van der Waals surface area contributed by atoms with Crippen LogP contribution in [0.25, 0.3) is 0 Å². The number of rotatable bonds is 2. The maximum atomic E-state index is 6.24. The highest BCUT2D eigenvalue weighted by molar-refractivity contribution is 7.08. The van der Waals surface area contributed by atoms with Crippen molar-refractivity contribution in [2.24, 2.45) is 5.73 Å². The highest BCUT2D eigenvalue weighted by atomic mass is 35.5. The average molecular weight is 252 g/mol. The van der Waals surface area contributed by atoms with E-state index in [0.717, 1.165) is 16.1 Å². The molecule has 0 spiro atoms. The first-order valence-corrected chi connectivity index (χ1v) is 6.46. The van der Waals surface area contributed by atoms with Crippen molar-refractivity contribution >= 4 is 22.9 Å². The smallest absolute Gasteiger partial charge is 0.0574 e. The molecule has 1 unspecified atom stereocenters. The van der Waals surface area contributed by atoms with Gasteiger partial charge in [0.15, 0.2) is 0 Å². The van der Waals surface area contributed by atoms with E-state index in [1.54, 1.807) is 11.3 Å². The SMILES string of the molecule is Cc1cc(Cl)c(C(N)c2ccsc2)cc1C. The normalized spacial score (nSPS) is 12.8. The third kappa shape index (κ3) is 2.14. The number of benzene rings is 1. The van der Waals surface area contributed by atoms with Gasteiger partial charge in [0.2, 0.25) is 0 Å². The van der Waals surface area contributed by atoms with Crippen LogP contribution in [0, 0.1) is 13.8 Å². The summed E-state index contributed by atoms with van der Waals surface area (Å²) in [5, 5.41) is 4.85. The predicted octanol–water partition coefficient (Wildman–Crippen LogP) is 4.07. The third-order valence-electron chi connectivity index (χ3n) is 2.85. The molecule has 0 saturated heterocycles. The molecular weight excluding hydrogens is 238 g/mol. The summed E-state index contributed by atoms with van der Waals surface area (Å²) < 4.78 is 0. The Morgan fingerprint density at radius 1 is 1.25 bits per heavy atom. The lowest BCUT2D eigenvalue weighted by Crippen LogP contribution is -2.11. The van der Waals surface area contributed by atoms with Crippen molar-refractivity contribution < 1.29 is 0 Å². The molecule has 0 radical (unpaired) electrons. The quantitative estimate of drug-likeness (QED) is 0.856. The van der Waals surface area contributed by atoms with Crippen LogP contribution >= 0.6 is 22.9 Å². The van der Waals surface area contributed by atoms with Crippen LogP contribution in [0.15, 0.2) is 29.0 Å². The van der Waals surface area contributed by atoms with Gasteiger partial charge in [-0.15, -0.1) is 0 Å². The van der Waals surface area contributed by atoms with Gasteiger partial charge in [-0.05, 0) is 59.0 Å². The Labute approximate surface area is 105 Å². The zero-order chi connectivity index (χ0) is 11.7. The van der Waals surface area contributed by atoms with E-state index in [1.165, 1.54) is 11.1 Å². The number of hydrogen-bond donors (Lipinski definition) is 1. The summed E-state index contributed by atoms with van der Waals surface area (Å²) in [6.45, 7) is 4.14. The van der Waals surface area contributed by atoms with Gasteiger partial charge in [-0.25, -0.2) is 0 Å². The van der Waals surface area contributed by atoms with Gasteiger partial charge >= 0.3 is 0 Å². The zero-order valence-electron chi connectivity index (χ0n) is 9.33. The molecule has 0 bridgehead atoms. The van der Waals surface area contributed by atoms with Crippen LogP contribution in [-0.2, 0) is 0 Å². The summed E-state index contributed by atoms with van der Waals surface area (Å²) in [7, 11) is 0. The Balaban J connectivity index is 2.44. The zero-order valence-corrected chi connectivity index (χ0v) is 10.9. The molecule has 3 heteroatoms. The largest absolute Gasteiger partial charge is 0.320 e. The molecule has 2 rings (SSSR count). The second-order valence-electron chi connectivity index (χ2n) is 3.99. The summed E-state index contributed by atoms with van der Waals surface area (Å²) in [6.07, 6.45) is 0. The van der Waals surface area contributed by atoms with Crippen LogP contribution in [0.3, 0.4) is 0 Å². The maximum Gasteiger partial charge on any atom is 0.0574 e. The van der Waals surface area contributed by atoms with Crippen molar-refractivity contribution in [1.29, 1.82) is 0 Å². The Morgan fingerprint density at radius 2 is 1.94 bits per heavy atom. The summed E-state index contributed by atoms with van der Waals surface area (Å²) >= 11 is 7.89. The fraction of sp³-hybridized carbons (Fsp3) is 0.231. The lowest BCUT2D eigenvalue weighted by molar-refractivity contribution is 0.874. The standard InChI is InChI=1S/C13H14ClNS/c1-8-5-11(12(14)6-9(8)2)13(15)10-3-4-16-7-10/h3-7,13H,15H2,1-2H3. The van der Waals surface area contributed by atoms with E-state index in [-0.39, 0.29) is 6.04 Å². The highest BCUT2D eigenvalue weighted by Gasteiger charge is 2.13. The molecule has 0 aliphatic heterocycles. The predicted molar refractivity (Wildman–Crippen MR) is 71.3 cm³/mol. The molecule has 84 valence electrons. The summed E-state index contributed by atoms with van der Waals surface area (Å²) in [5.41, 5.74) is 10.8. The van der Waals surface area contributed by atoms with E-state index in [1.807, 2.05) is 17.5 Å². The topological polar surface area (TPSA) is 26.0 Å². The molecule has 1 heterocycles. The van der Waals surface area contributed by atoms with Gasteiger partial charge in [0.05, 0.1) is 6.04 Å². The maximum absolute atomic E-state index is 6.24. The molecule has 2 aromatic rings. The Hall–Kier alpha value is -0.830. The molecule has 0 saturated carbocycles. The highest BCUT2D eigenvalue weighted by Crippen LogP contribution is 2.29. The number of halogens is 1. The van der Waals surface area contributed by atoms with Crippen LogP contribution in [0.2, 0.25) is 5.02 Å². The van der Waals surface area contributed by atoms with E-state index in [2.05, 4.69) is 25.3 Å². The number of thiophene rings is 1. The molecule has 0 aliphatic rings. The monoisotopic (exact) mass is 251 g/mol. The number of hydrogen-bond acceptors (Lipinski definition) is 2. The average Bonchev–Trinajstić information content (AvgIpc) is 2.75. The Morgan fingerprint density at radius 3 is 2.56 bits per heavy atom. The minimum absolute atomic E-state index is 0.127. The lowest BCUT2D eigenvalue weighted by atomic mass is 9.98. The molecule has 1 atom stereocenters. The van der Waals surface area contributed by atoms with E-state index in [9.17, 15) is 0 Å². The van der Waals surface area contributed by atoms with Gasteiger partial charge in [0.25, 0.3) is 0 Å². The minimum atomic E-state index is -0.127. The lowest BCUT2D eigenvalue weighted by Gasteiger charge is -2.14. The van der Waals surface area contributed by atoms with Crippen LogP contribution in [0.1, 0.15) is 28.3 Å². The second-order valence-corrected chi connectivity index (χ2v) is 5.18. The third-order valence-corrected chi connectivity index (χ3v) is 3.88. The second kappa shape index (κ2) is 4.58. The van der Waals surface area contributed by atoms with Crippen LogP contribution in [-0.4, -0.2) is 0 Å². The molecular formula is C13H14ClNS. The van der Waals surface area contributed by atoms with Crippen LogP contribution < -0.4 is 5.73 Å². The van der Waals surface area contributed by atoms with E-state index in [4.69, 9.17) is 17.3 Å². The molecule has 16 heavy (non-hydrogen) atoms. The van der Waals surface area contributed by atoms with Crippen molar-refractivity contribution in [2.75, 3.05) is 0 Å². The first-order chi connectivity index (χ1) is 7.59. The Kier molecular flexibility index (Phi) is 3.33. The molecule has 0 amide bonds. The minimum Gasteiger partial charge on any atom is -0.320 e. The molecule has 1 aromatic carbocycles. The van der Waals surface area contributed by atoms with Crippen LogP contribution in [0.4, 0.5) is 0 Å². The summed E-state index contributed by atoms with van der Waals surface area (Å²) in [6, 6.07) is 5.98.